The van der Waals surface area contributed by atoms with Crippen molar-refractivity contribution >= 4 is 18.0 Å². The van der Waals surface area contributed by atoms with Crippen molar-refractivity contribution in [2.75, 3.05) is 0 Å². The number of hydrogen-bond donors (Lipinski definition) is 1. The number of amides is 1. The fourth-order valence-electron chi connectivity index (χ4n) is 3.19. The second-order valence-electron chi connectivity index (χ2n) is 6.40. The van der Waals surface area contributed by atoms with Crippen molar-refractivity contribution in [1.29, 1.82) is 0 Å². The first-order valence-electron chi connectivity index (χ1n) is 8.79. The van der Waals surface area contributed by atoms with Gasteiger partial charge in [-0.05, 0) is 36.4 Å². The average Bonchev–Trinajstić information content (AvgIpc) is 3.13. The van der Waals surface area contributed by atoms with Crippen LogP contribution in [0, 0.1) is 0 Å². The minimum atomic E-state index is -0.793. The summed E-state index contributed by atoms with van der Waals surface area (Å²) < 4.78 is 16.3. The second kappa shape index (κ2) is 7.56. The molecule has 7 nitrogen and oxygen atoms in total. The maximum atomic E-state index is 12.3. The standard InChI is InChI=1S/C21H17NO6/c23-19(13-7-3-1-4-8-13)26-15-11-12-16(18-17(15)22-21(25)28-18)27-20(24)14-9-5-2-6-10-14/h1-12,15-18H,(H,22,25)/t15-,16-,17-,18+/m0/s1. The fraction of sp³-hybridized carbons (Fsp3) is 0.190. The number of carbonyl (C=O) groups excluding carboxylic acids is 3. The number of nitrogens with one attached hydrogen (secondary N) is 1. The Bertz CT molecular complexity index is 838. The van der Waals surface area contributed by atoms with Crippen molar-refractivity contribution in [1.82, 2.24) is 5.32 Å². The van der Waals surface area contributed by atoms with Gasteiger partial charge >= 0.3 is 18.0 Å². The largest absolute Gasteiger partial charge is 0.452 e. The molecule has 2 aromatic rings. The molecule has 1 fully saturated rings. The van der Waals surface area contributed by atoms with E-state index in [1.165, 1.54) is 0 Å². The van der Waals surface area contributed by atoms with Gasteiger partial charge in [-0.2, -0.15) is 0 Å². The summed E-state index contributed by atoms with van der Waals surface area (Å²) in [5.41, 5.74) is 0.790. The molecule has 4 rings (SSSR count). The highest BCUT2D eigenvalue weighted by molar-refractivity contribution is 5.90. The Morgan fingerprint density at radius 1 is 0.786 bits per heavy atom. The molecule has 0 unspecified atom stereocenters. The molecule has 142 valence electrons. The zero-order valence-corrected chi connectivity index (χ0v) is 14.7. The molecule has 0 aromatic heterocycles. The molecule has 1 amide bonds. The lowest BCUT2D eigenvalue weighted by Crippen LogP contribution is -2.51. The van der Waals surface area contributed by atoms with Crippen LogP contribution in [-0.2, 0) is 14.2 Å². The van der Waals surface area contributed by atoms with Gasteiger partial charge in [0.1, 0.15) is 12.1 Å². The van der Waals surface area contributed by atoms with Crippen LogP contribution in [0.25, 0.3) is 0 Å². The molecule has 28 heavy (non-hydrogen) atoms. The van der Waals surface area contributed by atoms with E-state index in [9.17, 15) is 14.4 Å². The van der Waals surface area contributed by atoms with E-state index in [0.29, 0.717) is 11.1 Å². The summed E-state index contributed by atoms with van der Waals surface area (Å²) in [7, 11) is 0. The van der Waals surface area contributed by atoms with Gasteiger partial charge in [0.25, 0.3) is 0 Å². The van der Waals surface area contributed by atoms with E-state index in [2.05, 4.69) is 5.32 Å². The number of alkyl carbamates (subject to hydrolysis) is 1. The van der Waals surface area contributed by atoms with Gasteiger partial charge in [-0.25, -0.2) is 14.4 Å². The van der Waals surface area contributed by atoms with E-state index < -0.39 is 42.4 Å². The first-order chi connectivity index (χ1) is 13.6. The molecular formula is C21H17NO6. The van der Waals surface area contributed by atoms with Crippen LogP contribution in [0.3, 0.4) is 0 Å². The Labute approximate surface area is 160 Å². The summed E-state index contributed by atoms with van der Waals surface area (Å²) in [6.45, 7) is 0. The van der Waals surface area contributed by atoms with E-state index in [-0.39, 0.29) is 0 Å². The summed E-state index contributed by atoms with van der Waals surface area (Å²) in [5, 5.41) is 2.62. The topological polar surface area (TPSA) is 90.9 Å². The van der Waals surface area contributed by atoms with Gasteiger partial charge in [-0.3, -0.25) is 0 Å². The van der Waals surface area contributed by atoms with Gasteiger partial charge in [0.05, 0.1) is 11.1 Å². The Balaban J connectivity index is 1.49. The molecule has 0 saturated carbocycles. The van der Waals surface area contributed by atoms with Crippen LogP contribution in [0.4, 0.5) is 4.79 Å². The molecule has 0 radical (unpaired) electrons. The molecule has 2 aliphatic rings. The quantitative estimate of drug-likeness (QED) is 0.499. The third kappa shape index (κ3) is 3.59. The summed E-state index contributed by atoms with van der Waals surface area (Å²) in [6, 6.07) is 16.4. The van der Waals surface area contributed by atoms with Crippen LogP contribution in [0.1, 0.15) is 20.7 Å². The monoisotopic (exact) mass is 379 g/mol. The highest BCUT2D eigenvalue weighted by atomic mass is 16.6. The lowest BCUT2D eigenvalue weighted by molar-refractivity contribution is -0.0220. The van der Waals surface area contributed by atoms with E-state index >= 15 is 0 Å². The SMILES string of the molecule is O=C1N[C@@H]2[C@H](O1)[C@@H](OC(=O)c1ccccc1)C=C[C@@H]2OC(=O)c1ccccc1. The maximum Gasteiger partial charge on any atom is 0.408 e. The Kier molecular flexibility index (Phi) is 4.80. The Morgan fingerprint density at radius 2 is 1.29 bits per heavy atom. The van der Waals surface area contributed by atoms with Gasteiger partial charge in [0, 0.05) is 0 Å². The molecule has 7 heteroatoms. The summed E-state index contributed by atoms with van der Waals surface area (Å²) in [6.07, 6.45) is 0.198. The lowest BCUT2D eigenvalue weighted by atomic mass is 9.94. The molecule has 1 N–H and O–H groups in total. The summed E-state index contributed by atoms with van der Waals surface area (Å²) in [4.78, 5) is 36.4. The zero-order valence-electron chi connectivity index (χ0n) is 14.7. The molecule has 4 atom stereocenters. The van der Waals surface area contributed by atoms with Crippen LogP contribution in [0.5, 0.6) is 0 Å². The highest BCUT2D eigenvalue weighted by Gasteiger charge is 2.48. The molecular weight excluding hydrogens is 362 g/mol. The van der Waals surface area contributed by atoms with E-state index in [4.69, 9.17) is 14.2 Å². The molecule has 0 bridgehead atoms. The first-order valence-corrected chi connectivity index (χ1v) is 8.79. The van der Waals surface area contributed by atoms with Crippen molar-refractivity contribution in [2.45, 2.75) is 24.4 Å². The molecule has 1 heterocycles. The summed E-state index contributed by atoms with van der Waals surface area (Å²) in [5.74, 6) is -1.05. The number of fused-ring (bicyclic) bond motifs is 1. The highest BCUT2D eigenvalue weighted by Crippen LogP contribution is 2.27. The molecule has 0 spiro atoms. The third-order valence-electron chi connectivity index (χ3n) is 4.56. The lowest BCUT2D eigenvalue weighted by Gasteiger charge is -2.31. The van der Waals surface area contributed by atoms with Crippen molar-refractivity contribution in [3.05, 3.63) is 83.9 Å². The molecule has 1 aliphatic carbocycles. The van der Waals surface area contributed by atoms with Gasteiger partial charge < -0.3 is 19.5 Å². The van der Waals surface area contributed by atoms with E-state index in [0.717, 1.165) is 0 Å². The van der Waals surface area contributed by atoms with Gasteiger partial charge in [-0.15, -0.1) is 0 Å². The second-order valence-corrected chi connectivity index (χ2v) is 6.40. The van der Waals surface area contributed by atoms with E-state index in [1.54, 1.807) is 72.8 Å². The Hall–Kier alpha value is -3.61. The minimum Gasteiger partial charge on any atom is -0.452 e. The smallest absolute Gasteiger partial charge is 0.408 e. The predicted octanol–water partition coefficient (Wildman–Crippen LogP) is 2.48. The normalized spacial score (nSPS) is 25.2. The number of esters is 2. The number of carbonyl (C=O) groups is 3. The predicted molar refractivity (Wildman–Crippen MR) is 97.6 cm³/mol. The zero-order chi connectivity index (χ0) is 19.5. The fourth-order valence-corrected chi connectivity index (χ4v) is 3.19. The minimum absolute atomic E-state index is 0.391. The number of rotatable bonds is 4. The van der Waals surface area contributed by atoms with Crippen molar-refractivity contribution < 1.29 is 28.6 Å². The van der Waals surface area contributed by atoms with E-state index in [1.807, 2.05) is 0 Å². The number of hydrogen-bond acceptors (Lipinski definition) is 6. The average molecular weight is 379 g/mol. The maximum absolute atomic E-state index is 12.3. The number of ether oxygens (including phenoxy) is 3. The molecule has 1 aliphatic heterocycles. The summed E-state index contributed by atoms with van der Waals surface area (Å²) >= 11 is 0. The van der Waals surface area contributed by atoms with Crippen LogP contribution < -0.4 is 5.32 Å². The van der Waals surface area contributed by atoms with Crippen LogP contribution in [0.15, 0.2) is 72.8 Å². The third-order valence-corrected chi connectivity index (χ3v) is 4.56. The van der Waals surface area contributed by atoms with Crippen LogP contribution in [-0.4, -0.2) is 42.4 Å². The number of benzene rings is 2. The first kappa shape index (κ1) is 17.8. The molecule has 1 saturated heterocycles. The van der Waals surface area contributed by atoms with Gasteiger partial charge in [-0.1, -0.05) is 36.4 Å². The van der Waals surface area contributed by atoms with Crippen molar-refractivity contribution in [3.8, 4) is 0 Å². The van der Waals surface area contributed by atoms with Crippen LogP contribution in [0.2, 0.25) is 0 Å². The Morgan fingerprint density at radius 3 is 1.86 bits per heavy atom. The van der Waals surface area contributed by atoms with Crippen molar-refractivity contribution in [3.63, 3.8) is 0 Å². The van der Waals surface area contributed by atoms with Gasteiger partial charge in [0.15, 0.2) is 12.2 Å². The van der Waals surface area contributed by atoms with Crippen molar-refractivity contribution in [2.24, 2.45) is 0 Å². The van der Waals surface area contributed by atoms with Crippen LogP contribution >= 0.6 is 0 Å². The van der Waals surface area contributed by atoms with Gasteiger partial charge in [0.2, 0.25) is 0 Å². The molecule has 2 aromatic carbocycles.